The Balaban J connectivity index is 2.16. The summed E-state index contributed by atoms with van der Waals surface area (Å²) >= 11 is 0. The molecule has 0 fully saturated rings. The Morgan fingerprint density at radius 2 is 2.35 bits per heavy atom. The van der Waals surface area contributed by atoms with E-state index in [1.807, 2.05) is 0 Å². The highest BCUT2D eigenvalue weighted by molar-refractivity contribution is 5.88. The third kappa shape index (κ3) is 2.41. The fourth-order valence-corrected chi connectivity index (χ4v) is 1.31. The molecule has 2 aromatic rings. The first kappa shape index (κ1) is 11.1. The summed E-state index contributed by atoms with van der Waals surface area (Å²) in [7, 11) is 0. The number of anilines is 1. The summed E-state index contributed by atoms with van der Waals surface area (Å²) in [6, 6.07) is 2.83. The van der Waals surface area contributed by atoms with Gasteiger partial charge in [-0.2, -0.15) is 0 Å². The van der Waals surface area contributed by atoms with Gasteiger partial charge in [-0.25, -0.2) is 14.2 Å². The molecule has 0 amide bonds. The van der Waals surface area contributed by atoms with E-state index in [2.05, 4.69) is 10.3 Å². The molecule has 0 aliphatic rings. The zero-order chi connectivity index (χ0) is 12.3. The van der Waals surface area contributed by atoms with Crippen molar-refractivity contribution >= 4 is 11.8 Å². The maximum atomic E-state index is 13.6. The lowest BCUT2D eigenvalue weighted by atomic mass is 10.2. The van der Waals surface area contributed by atoms with Crippen molar-refractivity contribution in [3.05, 3.63) is 47.8 Å². The van der Waals surface area contributed by atoms with Crippen LogP contribution in [0.15, 0.2) is 35.3 Å². The zero-order valence-corrected chi connectivity index (χ0v) is 8.68. The molecule has 0 aliphatic carbocycles. The van der Waals surface area contributed by atoms with Gasteiger partial charge in [0.25, 0.3) is 0 Å². The lowest BCUT2D eigenvalue weighted by Gasteiger charge is -2.06. The Labute approximate surface area is 95.9 Å². The van der Waals surface area contributed by atoms with E-state index in [1.165, 1.54) is 18.7 Å². The van der Waals surface area contributed by atoms with Gasteiger partial charge in [0.15, 0.2) is 11.6 Å². The SMILES string of the molecule is O=C(O)c1ccnc(NCc2ccoc2)c1F. The smallest absolute Gasteiger partial charge is 0.338 e. The number of nitrogens with zero attached hydrogens (tertiary/aromatic N) is 1. The van der Waals surface area contributed by atoms with Crippen molar-refractivity contribution in [2.75, 3.05) is 5.32 Å². The minimum Gasteiger partial charge on any atom is -0.478 e. The van der Waals surface area contributed by atoms with Crippen molar-refractivity contribution in [1.29, 1.82) is 0 Å². The molecule has 0 radical (unpaired) electrons. The van der Waals surface area contributed by atoms with Crippen LogP contribution < -0.4 is 5.32 Å². The molecule has 0 unspecified atom stereocenters. The summed E-state index contributed by atoms with van der Waals surface area (Å²) in [5.74, 6) is -2.29. The van der Waals surface area contributed by atoms with Crippen molar-refractivity contribution in [2.45, 2.75) is 6.54 Å². The molecule has 0 saturated heterocycles. The lowest BCUT2D eigenvalue weighted by Crippen LogP contribution is -2.08. The van der Waals surface area contributed by atoms with Crippen LogP contribution in [0, 0.1) is 5.82 Å². The van der Waals surface area contributed by atoms with E-state index in [0.29, 0.717) is 6.54 Å². The van der Waals surface area contributed by atoms with Crippen LogP contribution in [0.25, 0.3) is 0 Å². The van der Waals surface area contributed by atoms with E-state index in [4.69, 9.17) is 9.52 Å². The number of rotatable bonds is 4. The number of hydrogen-bond donors (Lipinski definition) is 2. The van der Waals surface area contributed by atoms with Crippen LogP contribution in [-0.4, -0.2) is 16.1 Å². The normalized spacial score (nSPS) is 10.2. The first-order valence-electron chi connectivity index (χ1n) is 4.81. The second-order valence-electron chi connectivity index (χ2n) is 3.31. The second-order valence-corrected chi connectivity index (χ2v) is 3.31. The lowest BCUT2D eigenvalue weighted by molar-refractivity contribution is 0.0692. The van der Waals surface area contributed by atoms with Gasteiger partial charge in [-0.3, -0.25) is 0 Å². The molecule has 2 heterocycles. The van der Waals surface area contributed by atoms with Crippen LogP contribution in [0.2, 0.25) is 0 Å². The summed E-state index contributed by atoms with van der Waals surface area (Å²) < 4.78 is 18.5. The van der Waals surface area contributed by atoms with Gasteiger partial charge < -0.3 is 14.8 Å². The number of halogens is 1. The molecule has 6 heteroatoms. The largest absolute Gasteiger partial charge is 0.478 e. The van der Waals surface area contributed by atoms with Crippen LogP contribution in [0.1, 0.15) is 15.9 Å². The van der Waals surface area contributed by atoms with E-state index in [0.717, 1.165) is 11.6 Å². The summed E-state index contributed by atoms with van der Waals surface area (Å²) in [4.78, 5) is 14.4. The zero-order valence-electron chi connectivity index (χ0n) is 8.68. The van der Waals surface area contributed by atoms with Gasteiger partial charge in [-0.15, -0.1) is 0 Å². The Morgan fingerprint density at radius 3 is 3.00 bits per heavy atom. The maximum absolute atomic E-state index is 13.6. The van der Waals surface area contributed by atoms with Gasteiger partial charge in [-0.1, -0.05) is 0 Å². The van der Waals surface area contributed by atoms with Crippen LogP contribution in [-0.2, 0) is 6.54 Å². The monoisotopic (exact) mass is 236 g/mol. The van der Waals surface area contributed by atoms with E-state index in [1.54, 1.807) is 6.07 Å². The second kappa shape index (κ2) is 4.65. The number of carboxylic acids is 1. The summed E-state index contributed by atoms with van der Waals surface area (Å²) in [5.41, 5.74) is 0.404. The van der Waals surface area contributed by atoms with Gasteiger partial charge in [-0.05, 0) is 12.1 Å². The molecule has 0 atom stereocenters. The minimum absolute atomic E-state index is 0.0916. The highest BCUT2D eigenvalue weighted by atomic mass is 19.1. The molecular weight excluding hydrogens is 227 g/mol. The van der Waals surface area contributed by atoms with Gasteiger partial charge >= 0.3 is 5.97 Å². The Hall–Kier alpha value is -2.37. The van der Waals surface area contributed by atoms with Crippen LogP contribution in [0.4, 0.5) is 10.2 Å². The number of pyridine rings is 1. The Kier molecular flexibility index (Phi) is 3.04. The van der Waals surface area contributed by atoms with Gasteiger partial charge in [0, 0.05) is 18.3 Å². The van der Waals surface area contributed by atoms with Crippen molar-refractivity contribution in [1.82, 2.24) is 4.98 Å². The van der Waals surface area contributed by atoms with E-state index >= 15 is 0 Å². The number of aromatic carboxylic acids is 1. The minimum atomic E-state index is -1.32. The number of carboxylic acid groups (broad SMARTS) is 1. The number of hydrogen-bond acceptors (Lipinski definition) is 4. The van der Waals surface area contributed by atoms with Crippen LogP contribution in [0.3, 0.4) is 0 Å². The average molecular weight is 236 g/mol. The summed E-state index contributed by atoms with van der Waals surface area (Å²) in [6.45, 7) is 0.309. The Bertz CT molecular complexity index is 526. The molecule has 88 valence electrons. The number of furan rings is 1. The predicted molar refractivity (Wildman–Crippen MR) is 57.2 cm³/mol. The fraction of sp³-hybridized carbons (Fsp3) is 0.0909. The average Bonchev–Trinajstić information content (AvgIpc) is 2.80. The van der Waals surface area contributed by atoms with Crippen LogP contribution >= 0.6 is 0 Å². The van der Waals surface area contributed by atoms with E-state index < -0.39 is 17.3 Å². The van der Waals surface area contributed by atoms with E-state index in [-0.39, 0.29) is 5.82 Å². The number of aromatic nitrogens is 1. The molecule has 2 aromatic heterocycles. The molecule has 0 bridgehead atoms. The highest BCUT2D eigenvalue weighted by Crippen LogP contribution is 2.16. The van der Waals surface area contributed by atoms with E-state index in [9.17, 15) is 9.18 Å². The molecule has 2 N–H and O–H groups in total. The van der Waals surface area contributed by atoms with Crippen molar-refractivity contribution in [3.63, 3.8) is 0 Å². The van der Waals surface area contributed by atoms with Gasteiger partial charge in [0.05, 0.1) is 12.5 Å². The molecule has 17 heavy (non-hydrogen) atoms. The quantitative estimate of drug-likeness (QED) is 0.850. The van der Waals surface area contributed by atoms with Crippen LogP contribution in [0.5, 0.6) is 0 Å². The topological polar surface area (TPSA) is 75.4 Å². The number of nitrogens with one attached hydrogen (secondary N) is 1. The van der Waals surface area contributed by atoms with Gasteiger partial charge in [0.2, 0.25) is 0 Å². The summed E-state index contributed by atoms with van der Waals surface area (Å²) in [5, 5.41) is 11.4. The van der Waals surface area contributed by atoms with Gasteiger partial charge in [0.1, 0.15) is 5.56 Å². The fourth-order valence-electron chi connectivity index (χ4n) is 1.31. The number of carbonyl (C=O) groups is 1. The predicted octanol–water partition coefficient (Wildman–Crippen LogP) is 2.12. The van der Waals surface area contributed by atoms with Crippen molar-refractivity contribution in [2.24, 2.45) is 0 Å². The molecular formula is C11H9FN2O3. The first-order valence-corrected chi connectivity index (χ1v) is 4.81. The highest BCUT2D eigenvalue weighted by Gasteiger charge is 2.14. The molecule has 2 rings (SSSR count). The third-order valence-corrected chi connectivity index (χ3v) is 2.16. The molecule has 0 saturated carbocycles. The molecule has 5 nitrogen and oxygen atoms in total. The Morgan fingerprint density at radius 1 is 1.53 bits per heavy atom. The first-order chi connectivity index (χ1) is 8.18. The third-order valence-electron chi connectivity index (χ3n) is 2.16. The van der Waals surface area contributed by atoms with Crippen molar-refractivity contribution in [3.8, 4) is 0 Å². The standard InChI is InChI=1S/C11H9FN2O3/c12-9-8(11(15)16)1-3-13-10(9)14-5-7-2-4-17-6-7/h1-4,6H,5H2,(H,13,14)(H,15,16). The maximum Gasteiger partial charge on any atom is 0.338 e. The van der Waals surface area contributed by atoms with Crippen molar-refractivity contribution < 1.29 is 18.7 Å². The molecule has 0 aliphatic heterocycles. The molecule has 0 aromatic carbocycles. The molecule has 0 spiro atoms. The summed E-state index contributed by atoms with van der Waals surface area (Å²) in [6.07, 6.45) is 4.24.